The quantitative estimate of drug-likeness (QED) is 0.478. The Balaban J connectivity index is 1.62. The predicted octanol–water partition coefficient (Wildman–Crippen LogP) is 0.576. The Morgan fingerprint density at radius 3 is 2.45 bits per heavy atom. The average molecular weight is 523 g/mol. The fourth-order valence-electron chi connectivity index (χ4n) is 4.27. The molecule has 4 rings (SSSR count). The second-order valence-corrected chi connectivity index (χ2v) is 8.85. The number of para-hydroxylation sites is 2. The maximum atomic E-state index is 13.7. The average Bonchev–Trinajstić information content (AvgIpc) is 3.32. The molecular weight excluding hydrogens is 496 g/mol. The van der Waals surface area contributed by atoms with Gasteiger partial charge in [-0.3, -0.25) is 28.9 Å². The first-order valence-electron chi connectivity index (χ1n) is 11.8. The van der Waals surface area contributed by atoms with Crippen LogP contribution in [-0.4, -0.2) is 67.7 Å². The lowest BCUT2D eigenvalue weighted by molar-refractivity contribution is -0.127. The standard InChI is InChI=1S/C26H26N4O8/c1-15(32)9-18(13-31)27-24(34)12-30-21-6-4-3-5-20(21)29(16(2)33)11-19(26(30)36)28-25(35)17-7-8-22-23(10-17)38-14-37-22/h3-8,10,13,18-19H,9,11-12,14H2,1-2H3,(H,27,34)(H,28,35)/t18-,19-/m0/s1. The van der Waals surface area contributed by atoms with Gasteiger partial charge in [-0.25, -0.2) is 0 Å². The zero-order valence-electron chi connectivity index (χ0n) is 20.8. The van der Waals surface area contributed by atoms with Crippen molar-refractivity contribution in [3.8, 4) is 11.5 Å². The summed E-state index contributed by atoms with van der Waals surface area (Å²) >= 11 is 0. The zero-order chi connectivity index (χ0) is 27.4. The van der Waals surface area contributed by atoms with Crippen LogP contribution in [0, 0.1) is 0 Å². The summed E-state index contributed by atoms with van der Waals surface area (Å²) in [4.78, 5) is 77.5. The van der Waals surface area contributed by atoms with E-state index in [0.717, 1.165) is 4.90 Å². The van der Waals surface area contributed by atoms with Crippen molar-refractivity contribution in [2.45, 2.75) is 32.4 Å². The molecule has 2 aliphatic rings. The highest BCUT2D eigenvalue weighted by Gasteiger charge is 2.37. The summed E-state index contributed by atoms with van der Waals surface area (Å²) in [6, 6.07) is 8.83. The summed E-state index contributed by atoms with van der Waals surface area (Å²) in [6.45, 7) is 1.96. The molecule has 12 heteroatoms. The molecule has 2 aromatic carbocycles. The molecule has 0 saturated carbocycles. The molecule has 0 bridgehead atoms. The highest BCUT2D eigenvalue weighted by atomic mass is 16.7. The van der Waals surface area contributed by atoms with Crippen molar-refractivity contribution in [3.63, 3.8) is 0 Å². The zero-order valence-corrected chi connectivity index (χ0v) is 20.8. The Morgan fingerprint density at radius 2 is 1.76 bits per heavy atom. The van der Waals surface area contributed by atoms with Crippen LogP contribution in [0.4, 0.5) is 11.4 Å². The van der Waals surface area contributed by atoms with E-state index in [0.29, 0.717) is 23.5 Å². The smallest absolute Gasteiger partial charge is 0.252 e. The minimum absolute atomic E-state index is 0.0295. The van der Waals surface area contributed by atoms with Crippen LogP contribution in [-0.2, 0) is 24.0 Å². The van der Waals surface area contributed by atoms with Gasteiger partial charge in [0.1, 0.15) is 24.7 Å². The number of anilines is 2. The van der Waals surface area contributed by atoms with Gasteiger partial charge >= 0.3 is 0 Å². The number of ketones is 1. The number of fused-ring (bicyclic) bond motifs is 2. The highest BCUT2D eigenvalue weighted by molar-refractivity contribution is 6.10. The van der Waals surface area contributed by atoms with Crippen LogP contribution in [0.25, 0.3) is 0 Å². The van der Waals surface area contributed by atoms with E-state index >= 15 is 0 Å². The fourth-order valence-corrected chi connectivity index (χ4v) is 4.27. The van der Waals surface area contributed by atoms with Crippen molar-refractivity contribution in [2.75, 3.05) is 29.7 Å². The van der Waals surface area contributed by atoms with Gasteiger partial charge in [0.15, 0.2) is 11.5 Å². The van der Waals surface area contributed by atoms with E-state index in [1.165, 1.54) is 30.9 Å². The summed E-state index contributed by atoms with van der Waals surface area (Å²) in [5, 5.41) is 5.11. The lowest BCUT2D eigenvalue weighted by Crippen LogP contribution is -2.54. The van der Waals surface area contributed by atoms with Crippen molar-refractivity contribution in [1.82, 2.24) is 10.6 Å². The fraction of sp³-hybridized carbons (Fsp3) is 0.308. The monoisotopic (exact) mass is 522 g/mol. The van der Waals surface area contributed by atoms with Crippen molar-refractivity contribution in [1.29, 1.82) is 0 Å². The number of hydrogen-bond donors (Lipinski definition) is 2. The Hall–Kier alpha value is -4.74. The van der Waals surface area contributed by atoms with Crippen molar-refractivity contribution in [3.05, 3.63) is 48.0 Å². The van der Waals surface area contributed by atoms with Crippen LogP contribution in [0.1, 0.15) is 30.6 Å². The van der Waals surface area contributed by atoms with Gasteiger partial charge in [-0.15, -0.1) is 0 Å². The Labute approximate surface area is 217 Å². The minimum atomic E-state index is -1.21. The molecule has 38 heavy (non-hydrogen) atoms. The first kappa shape index (κ1) is 26.3. The molecule has 0 radical (unpaired) electrons. The Bertz CT molecular complexity index is 1310. The number of benzene rings is 2. The molecular formula is C26H26N4O8. The van der Waals surface area contributed by atoms with Gasteiger partial charge in [-0.1, -0.05) is 12.1 Å². The third-order valence-corrected chi connectivity index (χ3v) is 6.03. The van der Waals surface area contributed by atoms with E-state index in [1.807, 2.05) is 0 Å². The van der Waals surface area contributed by atoms with Gasteiger partial charge in [0.25, 0.3) is 11.8 Å². The van der Waals surface area contributed by atoms with E-state index in [-0.39, 0.29) is 42.7 Å². The first-order chi connectivity index (χ1) is 18.2. The second kappa shape index (κ2) is 11.1. The number of carbonyl (C=O) groups excluding carboxylic acids is 6. The van der Waals surface area contributed by atoms with Gasteiger partial charge in [-0.2, -0.15) is 0 Å². The molecule has 2 atom stereocenters. The van der Waals surface area contributed by atoms with Crippen LogP contribution in [0.3, 0.4) is 0 Å². The Kier molecular flexibility index (Phi) is 7.70. The minimum Gasteiger partial charge on any atom is -0.454 e. The predicted molar refractivity (Wildman–Crippen MR) is 134 cm³/mol. The number of nitrogens with one attached hydrogen (secondary N) is 2. The number of nitrogens with zero attached hydrogens (tertiary/aromatic N) is 2. The van der Waals surface area contributed by atoms with Crippen LogP contribution in [0.2, 0.25) is 0 Å². The summed E-state index contributed by atoms with van der Waals surface area (Å²) < 4.78 is 10.6. The number of ether oxygens (including phenoxy) is 2. The molecule has 0 spiro atoms. The molecule has 0 aliphatic carbocycles. The van der Waals surface area contributed by atoms with E-state index in [1.54, 1.807) is 30.3 Å². The van der Waals surface area contributed by atoms with Gasteiger partial charge in [0.05, 0.1) is 24.0 Å². The van der Waals surface area contributed by atoms with Crippen molar-refractivity contribution < 1.29 is 38.2 Å². The van der Waals surface area contributed by atoms with Crippen molar-refractivity contribution >= 4 is 47.1 Å². The third-order valence-electron chi connectivity index (χ3n) is 6.03. The number of aldehydes is 1. The van der Waals surface area contributed by atoms with E-state index < -0.39 is 36.3 Å². The lowest BCUT2D eigenvalue weighted by atomic mass is 10.1. The third kappa shape index (κ3) is 5.64. The lowest BCUT2D eigenvalue weighted by Gasteiger charge is -2.25. The number of amides is 4. The van der Waals surface area contributed by atoms with E-state index in [9.17, 15) is 28.8 Å². The maximum absolute atomic E-state index is 13.7. The number of carbonyl (C=O) groups is 6. The normalized spacial score (nSPS) is 16.7. The van der Waals surface area contributed by atoms with Crippen molar-refractivity contribution in [2.24, 2.45) is 0 Å². The van der Waals surface area contributed by atoms with Crippen LogP contribution < -0.4 is 29.9 Å². The van der Waals surface area contributed by atoms with E-state index in [4.69, 9.17) is 9.47 Å². The summed E-state index contributed by atoms with van der Waals surface area (Å²) in [7, 11) is 0. The largest absolute Gasteiger partial charge is 0.454 e. The molecule has 0 unspecified atom stereocenters. The first-order valence-corrected chi connectivity index (χ1v) is 11.8. The molecule has 2 aromatic rings. The molecule has 2 N–H and O–H groups in total. The summed E-state index contributed by atoms with van der Waals surface area (Å²) in [6.07, 6.45) is 0.259. The van der Waals surface area contributed by atoms with Gasteiger partial charge in [0, 0.05) is 18.9 Å². The molecule has 0 aromatic heterocycles. The van der Waals surface area contributed by atoms with Gasteiger partial charge in [-0.05, 0) is 37.3 Å². The molecule has 2 aliphatic heterocycles. The Morgan fingerprint density at radius 1 is 1.05 bits per heavy atom. The number of hydrogen-bond acceptors (Lipinski definition) is 8. The van der Waals surface area contributed by atoms with Gasteiger partial charge < -0.3 is 29.8 Å². The van der Waals surface area contributed by atoms with Crippen LogP contribution in [0.15, 0.2) is 42.5 Å². The SMILES string of the molecule is CC(=O)C[C@@H](C=O)NC(=O)CN1C(=O)[C@@H](NC(=O)c2ccc3c(c2)OCO3)CN(C(C)=O)c2ccccc21. The summed E-state index contributed by atoms with van der Waals surface area (Å²) in [5.41, 5.74) is 0.856. The van der Waals surface area contributed by atoms with Crippen LogP contribution in [0.5, 0.6) is 11.5 Å². The number of rotatable bonds is 8. The maximum Gasteiger partial charge on any atom is 0.252 e. The van der Waals surface area contributed by atoms with Crippen LogP contribution >= 0.6 is 0 Å². The molecule has 12 nitrogen and oxygen atoms in total. The second-order valence-electron chi connectivity index (χ2n) is 8.85. The highest BCUT2D eigenvalue weighted by Crippen LogP contribution is 2.34. The summed E-state index contributed by atoms with van der Waals surface area (Å²) in [5.74, 6) is -1.72. The molecule has 0 fully saturated rings. The van der Waals surface area contributed by atoms with E-state index in [2.05, 4.69) is 10.6 Å². The molecule has 2 heterocycles. The van der Waals surface area contributed by atoms with Gasteiger partial charge in [0.2, 0.25) is 18.6 Å². The number of Topliss-reactive ketones (excluding diaryl/α,β-unsaturated/α-hetero) is 1. The molecule has 198 valence electrons. The molecule has 0 saturated heterocycles. The topological polar surface area (TPSA) is 151 Å². The molecule has 4 amide bonds.